The number of carbonyl (C=O) groups excluding carboxylic acids is 2. The fraction of sp³-hybridized carbons (Fsp3) is 0.312. The largest absolute Gasteiger partial charge is 0.355 e. The maximum Gasteiger partial charge on any atom is 0.251 e. The first-order chi connectivity index (χ1) is 10.3. The molecule has 0 atom stereocenters. The lowest BCUT2D eigenvalue weighted by molar-refractivity contribution is 0.0965. The van der Waals surface area contributed by atoms with Crippen LogP contribution in [0.4, 0.5) is 0 Å². The van der Waals surface area contributed by atoms with Crippen molar-refractivity contribution in [3.8, 4) is 0 Å². The van der Waals surface area contributed by atoms with E-state index >= 15 is 0 Å². The summed E-state index contributed by atoms with van der Waals surface area (Å²) in [5.74, 6) is -0.281. The summed E-state index contributed by atoms with van der Waals surface area (Å²) in [4.78, 5) is 39.1. The number of aromatic nitrogens is 2. The summed E-state index contributed by atoms with van der Waals surface area (Å²) in [6.45, 7) is 5.10. The maximum atomic E-state index is 12.5. The zero-order valence-electron chi connectivity index (χ0n) is 12.7. The van der Waals surface area contributed by atoms with Gasteiger partial charge in [0.25, 0.3) is 5.56 Å². The smallest absolute Gasteiger partial charge is 0.251 e. The molecule has 0 aliphatic carbocycles. The van der Waals surface area contributed by atoms with Gasteiger partial charge in [0.15, 0.2) is 11.6 Å². The summed E-state index contributed by atoms with van der Waals surface area (Å²) in [7, 11) is 0. The molecule has 2 rings (SSSR count). The lowest BCUT2D eigenvalue weighted by atomic mass is 10.0. The lowest BCUT2D eigenvalue weighted by Crippen LogP contribution is -2.23. The summed E-state index contributed by atoms with van der Waals surface area (Å²) < 4.78 is 2.07. The number of aryl methyl sites for hydroxylation is 1. The standard InChI is InChI=1S/C16H17BrN2O3/c1-4-12-15(10(3)20)9(2)18-16(12)13(21)8-19-7-11(17)5-6-14(19)22/h5-7,18H,4,8H2,1-3H3. The highest BCUT2D eigenvalue weighted by Gasteiger charge is 2.21. The van der Waals surface area contributed by atoms with E-state index in [0.717, 1.165) is 10.0 Å². The van der Waals surface area contributed by atoms with Gasteiger partial charge in [-0.15, -0.1) is 0 Å². The summed E-state index contributed by atoms with van der Waals surface area (Å²) in [5.41, 5.74) is 2.15. The van der Waals surface area contributed by atoms with Gasteiger partial charge in [0.05, 0.1) is 12.2 Å². The molecule has 0 fully saturated rings. The molecule has 1 N–H and O–H groups in total. The molecule has 6 heteroatoms. The van der Waals surface area contributed by atoms with Crippen molar-refractivity contribution in [1.29, 1.82) is 0 Å². The maximum absolute atomic E-state index is 12.5. The Morgan fingerprint density at radius 3 is 2.59 bits per heavy atom. The van der Waals surface area contributed by atoms with Crippen LogP contribution in [0.25, 0.3) is 0 Å². The third kappa shape index (κ3) is 3.11. The van der Waals surface area contributed by atoms with Gasteiger partial charge in [0.2, 0.25) is 0 Å². The molecule has 22 heavy (non-hydrogen) atoms. The molecule has 2 aromatic heterocycles. The molecule has 116 valence electrons. The fourth-order valence-corrected chi connectivity index (χ4v) is 2.98. The predicted molar refractivity (Wildman–Crippen MR) is 87.6 cm³/mol. The number of pyridine rings is 1. The van der Waals surface area contributed by atoms with Crippen LogP contribution in [-0.4, -0.2) is 21.1 Å². The Balaban J connectivity index is 2.42. The second-order valence-corrected chi connectivity index (χ2v) is 6.04. The number of hydrogen-bond donors (Lipinski definition) is 1. The van der Waals surface area contributed by atoms with Crippen molar-refractivity contribution in [2.45, 2.75) is 33.7 Å². The van der Waals surface area contributed by atoms with Gasteiger partial charge in [-0.2, -0.15) is 0 Å². The Kier molecular flexibility index (Phi) is 4.81. The number of aromatic amines is 1. The van der Waals surface area contributed by atoms with Crippen molar-refractivity contribution in [2.75, 3.05) is 0 Å². The number of nitrogens with one attached hydrogen (secondary N) is 1. The van der Waals surface area contributed by atoms with Crippen molar-refractivity contribution in [3.05, 3.63) is 55.7 Å². The van der Waals surface area contributed by atoms with Crippen molar-refractivity contribution in [3.63, 3.8) is 0 Å². The second-order valence-electron chi connectivity index (χ2n) is 5.12. The fourth-order valence-electron chi connectivity index (χ4n) is 2.60. The van der Waals surface area contributed by atoms with Crippen LogP contribution < -0.4 is 5.56 Å². The number of ketones is 2. The average Bonchev–Trinajstić information content (AvgIpc) is 2.79. The van der Waals surface area contributed by atoms with Gasteiger partial charge in [0, 0.05) is 28.0 Å². The molecule has 0 bridgehead atoms. The molecule has 0 spiro atoms. The van der Waals surface area contributed by atoms with Gasteiger partial charge in [-0.3, -0.25) is 14.4 Å². The molecule has 0 amide bonds. The Morgan fingerprint density at radius 2 is 2.00 bits per heavy atom. The molecule has 0 aliphatic heterocycles. The third-order valence-corrected chi connectivity index (χ3v) is 4.01. The Hall–Kier alpha value is -1.95. The quantitative estimate of drug-likeness (QED) is 0.829. The molecule has 0 saturated carbocycles. The van der Waals surface area contributed by atoms with Gasteiger partial charge in [-0.05, 0) is 47.8 Å². The van der Waals surface area contributed by atoms with Crippen molar-refractivity contribution < 1.29 is 9.59 Å². The third-order valence-electron chi connectivity index (χ3n) is 3.54. The number of carbonyl (C=O) groups is 2. The van der Waals surface area contributed by atoms with E-state index < -0.39 is 0 Å². The van der Waals surface area contributed by atoms with Crippen molar-refractivity contribution >= 4 is 27.5 Å². The van der Waals surface area contributed by atoms with Gasteiger partial charge in [-0.25, -0.2) is 0 Å². The van der Waals surface area contributed by atoms with Crippen LogP contribution in [0.5, 0.6) is 0 Å². The normalized spacial score (nSPS) is 10.7. The van der Waals surface area contributed by atoms with Crippen LogP contribution in [0.2, 0.25) is 0 Å². The Labute approximate surface area is 136 Å². The molecular formula is C16H17BrN2O3. The number of nitrogens with zero attached hydrogens (tertiary/aromatic N) is 1. The van der Waals surface area contributed by atoms with Crippen LogP contribution in [-0.2, 0) is 13.0 Å². The van der Waals surface area contributed by atoms with Crippen molar-refractivity contribution in [2.24, 2.45) is 0 Å². The second kappa shape index (κ2) is 6.44. The lowest BCUT2D eigenvalue weighted by Gasteiger charge is -2.06. The highest BCUT2D eigenvalue weighted by atomic mass is 79.9. The molecule has 0 unspecified atom stereocenters. The molecule has 0 aliphatic rings. The van der Waals surface area contributed by atoms with E-state index in [1.807, 2.05) is 6.92 Å². The van der Waals surface area contributed by atoms with E-state index in [9.17, 15) is 14.4 Å². The van der Waals surface area contributed by atoms with Crippen LogP contribution in [0.3, 0.4) is 0 Å². The average molecular weight is 365 g/mol. The Bertz CT molecular complexity index is 802. The van der Waals surface area contributed by atoms with E-state index in [1.54, 1.807) is 19.2 Å². The van der Waals surface area contributed by atoms with E-state index in [2.05, 4.69) is 20.9 Å². The summed E-state index contributed by atoms with van der Waals surface area (Å²) in [6.07, 6.45) is 2.15. The highest BCUT2D eigenvalue weighted by molar-refractivity contribution is 9.10. The summed E-state index contributed by atoms with van der Waals surface area (Å²) in [6, 6.07) is 3.03. The molecule has 0 aromatic carbocycles. The molecular weight excluding hydrogens is 348 g/mol. The number of rotatable bonds is 5. The van der Waals surface area contributed by atoms with Crippen molar-refractivity contribution in [1.82, 2.24) is 9.55 Å². The zero-order chi connectivity index (χ0) is 16.4. The minimum Gasteiger partial charge on any atom is -0.355 e. The first-order valence-electron chi connectivity index (χ1n) is 6.96. The number of hydrogen-bond acceptors (Lipinski definition) is 3. The van der Waals surface area contributed by atoms with E-state index in [-0.39, 0.29) is 23.7 Å². The van der Waals surface area contributed by atoms with Gasteiger partial charge in [-0.1, -0.05) is 6.92 Å². The summed E-state index contributed by atoms with van der Waals surface area (Å²) >= 11 is 3.28. The molecule has 0 saturated heterocycles. The van der Waals surface area contributed by atoms with Crippen LogP contribution in [0.15, 0.2) is 27.6 Å². The Morgan fingerprint density at radius 1 is 1.32 bits per heavy atom. The highest BCUT2D eigenvalue weighted by Crippen LogP contribution is 2.21. The summed E-state index contributed by atoms with van der Waals surface area (Å²) in [5, 5.41) is 0. The van der Waals surface area contributed by atoms with E-state index in [4.69, 9.17) is 0 Å². The van der Waals surface area contributed by atoms with Gasteiger partial charge in [0.1, 0.15) is 0 Å². The molecule has 2 heterocycles. The number of H-pyrrole nitrogens is 1. The zero-order valence-corrected chi connectivity index (χ0v) is 14.3. The topological polar surface area (TPSA) is 71.9 Å². The predicted octanol–water partition coefficient (Wildman–Crippen LogP) is 2.90. The number of Topliss-reactive ketones (excluding diaryl/α,β-unsaturated/α-hetero) is 2. The van der Waals surface area contributed by atoms with E-state index in [1.165, 1.54) is 17.6 Å². The SMILES string of the molecule is CCc1c(C(=O)Cn2cc(Br)ccc2=O)[nH]c(C)c1C(C)=O. The van der Waals surface area contributed by atoms with Crippen LogP contribution in [0.1, 0.15) is 46.0 Å². The minimum atomic E-state index is -0.246. The van der Waals surface area contributed by atoms with Gasteiger partial charge >= 0.3 is 0 Å². The first kappa shape index (κ1) is 16.4. The molecule has 5 nitrogen and oxygen atoms in total. The molecule has 0 radical (unpaired) electrons. The minimum absolute atomic E-state index is 0.0655. The van der Waals surface area contributed by atoms with Gasteiger partial charge < -0.3 is 9.55 Å². The number of halogens is 1. The van der Waals surface area contributed by atoms with Crippen LogP contribution >= 0.6 is 15.9 Å². The van der Waals surface area contributed by atoms with Crippen LogP contribution in [0, 0.1) is 6.92 Å². The molecule has 2 aromatic rings. The monoisotopic (exact) mass is 364 g/mol. The first-order valence-corrected chi connectivity index (χ1v) is 7.76. The van der Waals surface area contributed by atoms with E-state index in [0.29, 0.717) is 23.4 Å².